The summed E-state index contributed by atoms with van der Waals surface area (Å²) in [5.74, 6) is 2.19. The molecule has 0 aliphatic carbocycles. The Kier molecular flexibility index (Phi) is 2.92. The Bertz CT molecular complexity index is 278. The molecule has 2 heteroatoms. The van der Waals surface area contributed by atoms with E-state index in [2.05, 4.69) is 17.9 Å². The number of piperidine rings is 1. The lowest BCUT2D eigenvalue weighted by atomic mass is 10.1. The van der Waals surface area contributed by atoms with E-state index in [1.807, 2.05) is 6.92 Å². The van der Waals surface area contributed by atoms with Crippen molar-refractivity contribution in [3.05, 3.63) is 23.2 Å². The quantitative estimate of drug-likeness (QED) is 0.718. The highest BCUT2D eigenvalue weighted by Crippen LogP contribution is 2.17. The number of likely N-dealkylation sites (tertiary alicyclic amines) is 1. The molecule has 0 spiro atoms. The Balaban J connectivity index is 1.95. The van der Waals surface area contributed by atoms with Gasteiger partial charge in [-0.1, -0.05) is 6.42 Å². The van der Waals surface area contributed by atoms with Gasteiger partial charge < -0.3 is 4.42 Å². The topological polar surface area (TPSA) is 16.4 Å². The van der Waals surface area contributed by atoms with E-state index in [4.69, 9.17) is 4.42 Å². The summed E-state index contributed by atoms with van der Waals surface area (Å²) in [6.07, 6.45) is 4.09. The minimum Gasteiger partial charge on any atom is -0.465 e. The van der Waals surface area contributed by atoms with Gasteiger partial charge in [0.15, 0.2) is 0 Å². The van der Waals surface area contributed by atoms with Gasteiger partial charge in [-0.05, 0) is 51.4 Å². The molecule has 0 N–H and O–H groups in total. The molecule has 0 aromatic carbocycles. The lowest BCUT2D eigenvalue weighted by Gasteiger charge is -2.25. The van der Waals surface area contributed by atoms with Gasteiger partial charge in [0.25, 0.3) is 0 Å². The van der Waals surface area contributed by atoms with E-state index >= 15 is 0 Å². The van der Waals surface area contributed by atoms with Crippen LogP contribution >= 0.6 is 0 Å². The largest absolute Gasteiger partial charge is 0.465 e. The van der Waals surface area contributed by atoms with Crippen LogP contribution in [0.1, 0.15) is 36.3 Å². The number of hydrogen-bond donors (Lipinski definition) is 0. The third-order valence-corrected chi connectivity index (χ3v) is 3.05. The summed E-state index contributed by atoms with van der Waals surface area (Å²) in [6, 6.07) is 2.17. The minimum atomic E-state index is 0.995. The van der Waals surface area contributed by atoms with Gasteiger partial charge >= 0.3 is 0 Å². The first-order valence-electron chi connectivity index (χ1n) is 5.54. The standard InChI is InChI=1S/C12H19NO/c1-10-8-12(14-11(10)2)9-13-6-4-3-5-7-13/h8H,3-7,9H2,1-2H3. The minimum absolute atomic E-state index is 0.995. The monoisotopic (exact) mass is 193 g/mol. The first-order chi connectivity index (χ1) is 6.75. The summed E-state index contributed by atoms with van der Waals surface area (Å²) < 4.78 is 5.68. The van der Waals surface area contributed by atoms with Crippen molar-refractivity contribution in [2.24, 2.45) is 0 Å². The molecular weight excluding hydrogens is 174 g/mol. The van der Waals surface area contributed by atoms with Crippen LogP contribution in [0, 0.1) is 13.8 Å². The second-order valence-corrected chi connectivity index (χ2v) is 4.29. The highest BCUT2D eigenvalue weighted by molar-refractivity contribution is 5.18. The average molecular weight is 193 g/mol. The summed E-state index contributed by atoms with van der Waals surface area (Å²) in [7, 11) is 0. The molecule has 1 aromatic rings. The molecule has 1 saturated heterocycles. The second-order valence-electron chi connectivity index (χ2n) is 4.29. The lowest BCUT2D eigenvalue weighted by molar-refractivity contribution is 0.204. The Morgan fingerprint density at radius 1 is 1.21 bits per heavy atom. The number of nitrogens with zero attached hydrogens (tertiary/aromatic N) is 1. The van der Waals surface area contributed by atoms with Crippen molar-refractivity contribution < 1.29 is 4.42 Å². The van der Waals surface area contributed by atoms with Crippen LogP contribution < -0.4 is 0 Å². The molecule has 78 valence electrons. The van der Waals surface area contributed by atoms with Crippen LogP contribution in [0.25, 0.3) is 0 Å². The van der Waals surface area contributed by atoms with Crippen LogP contribution in [-0.2, 0) is 6.54 Å². The third-order valence-electron chi connectivity index (χ3n) is 3.05. The van der Waals surface area contributed by atoms with E-state index < -0.39 is 0 Å². The van der Waals surface area contributed by atoms with Crippen LogP contribution in [-0.4, -0.2) is 18.0 Å². The molecule has 0 radical (unpaired) electrons. The summed E-state index contributed by atoms with van der Waals surface area (Å²) in [6.45, 7) is 7.61. The van der Waals surface area contributed by atoms with Gasteiger partial charge in [-0.2, -0.15) is 0 Å². The zero-order valence-electron chi connectivity index (χ0n) is 9.18. The summed E-state index contributed by atoms with van der Waals surface area (Å²) in [4.78, 5) is 2.49. The van der Waals surface area contributed by atoms with Gasteiger partial charge in [-0.25, -0.2) is 0 Å². The molecule has 1 aliphatic rings. The van der Waals surface area contributed by atoms with E-state index in [0.29, 0.717) is 0 Å². The second kappa shape index (κ2) is 4.18. The Labute approximate surface area is 85.9 Å². The molecular formula is C12H19NO. The third kappa shape index (κ3) is 2.18. The molecule has 0 atom stereocenters. The molecule has 0 unspecified atom stereocenters. The van der Waals surface area contributed by atoms with Gasteiger partial charge in [-0.15, -0.1) is 0 Å². The highest BCUT2D eigenvalue weighted by atomic mass is 16.3. The lowest BCUT2D eigenvalue weighted by Crippen LogP contribution is -2.28. The summed E-state index contributed by atoms with van der Waals surface area (Å²) >= 11 is 0. The van der Waals surface area contributed by atoms with E-state index in [-0.39, 0.29) is 0 Å². The van der Waals surface area contributed by atoms with Gasteiger partial charge in [0.05, 0.1) is 6.54 Å². The maximum atomic E-state index is 5.68. The van der Waals surface area contributed by atoms with Gasteiger partial charge in [-0.3, -0.25) is 4.90 Å². The number of aryl methyl sites for hydroxylation is 2. The molecule has 14 heavy (non-hydrogen) atoms. The van der Waals surface area contributed by atoms with Crippen LogP contribution in [0.3, 0.4) is 0 Å². The van der Waals surface area contributed by atoms with Crippen molar-refractivity contribution >= 4 is 0 Å². The molecule has 1 fully saturated rings. The van der Waals surface area contributed by atoms with E-state index in [0.717, 1.165) is 18.1 Å². The molecule has 2 heterocycles. The molecule has 2 rings (SSSR count). The predicted octanol–water partition coefficient (Wildman–Crippen LogP) is 2.88. The van der Waals surface area contributed by atoms with E-state index in [9.17, 15) is 0 Å². The molecule has 2 nitrogen and oxygen atoms in total. The first-order valence-corrected chi connectivity index (χ1v) is 5.54. The fourth-order valence-corrected chi connectivity index (χ4v) is 2.07. The molecule has 0 bridgehead atoms. The smallest absolute Gasteiger partial charge is 0.118 e. The van der Waals surface area contributed by atoms with Crippen molar-refractivity contribution in [2.45, 2.75) is 39.7 Å². The number of hydrogen-bond acceptors (Lipinski definition) is 2. The normalized spacial score (nSPS) is 18.7. The molecule has 0 saturated carbocycles. The highest BCUT2D eigenvalue weighted by Gasteiger charge is 2.12. The van der Waals surface area contributed by atoms with Crippen molar-refractivity contribution in [3.8, 4) is 0 Å². The Hall–Kier alpha value is -0.760. The maximum absolute atomic E-state index is 5.68. The first kappa shape index (κ1) is 9.78. The van der Waals surface area contributed by atoms with Gasteiger partial charge in [0.1, 0.15) is 11.5 Å². The SMILES string of the molecule is Cc1cc(CN2CCCCC2)oc1C. The van der Waals surface area contributed by atoms with Crippen LogP contribution in [0.15, 0.2) is 10.5 Å². The van der Waals surface area contributed by atoms with Gasteiger partial charge in [0, 0.05) is 0 Å². The van der Waals surface area contributed by atoms with Crippen molar-refractivity contribution in [1.82, 2.24) is 4.90 Å². The van der Waals surface area contributed by atoms with Crippen LogP contribution in [0.4, 0.5) is 0 Å². The Morgan fingerprint density at radius 2 is 1.93 bits per heavy atom. The zero-order chi connectivity index (χ0) is 9.97. The van der Waals surface area contributed by atoms with E-state index in [1.54, 1.807) is 0 Å². The number of furan rings is 1. The zero-order valence-corrected chi connectivity index (χ0v) is 9.18. The van der Waals surface area contributed by atoms with Crippen molar-refractivity contribution in [1.29, 1.82) is 0 Å². The average Bonchev–Trinajstić information content (AvgIpc) is 2.47. The molecule has 0 amide bonds. The summed E-state index contributed by atoms with van der Waals surface area (Å²) in [5.41, 5.74) is 1.28. The van der Waals surface area contributed by atoms with Crippen LogP contribution in [0.5, 0.6) is 0 Å². The van der Waals surface area contributed by atoms with E-state index in [1.165, 1.54) is 37.9 Å². The van der Waals surface area contributed by atoms with Crippen molar-refractivity contribution in [2.75, 3.05) is 13.1 Å². The van der Waals surface area contributed by atoms with Crippen molar-refractivity contribution in [3.63, 3.8) is 0 Å². The molecule has 1 aromatic heterocycles. The fraction of sp³-hybridized carbons (Fsp3) is 0.667. The van der Waals surface area contributed by atoms with Crippen LogP contribution in [0.2, 0.25) is 0 Å². The predicted molar refractivity (Wildman–Crippen MR) is 57.3 cm³/mol. The number of rotatable bonds is 2. The fourth-order valence-electron chi connectivity index (χ4n) is 2.07. The summed E-state index contributed by atoms with van der Waals surface area (Å²) in [5, 5.41) is 0. The maximum Gasteiger partial charge on any atom is 0.118 e. The molecule has 1 aliphatic heterocycles. The van der Waals surface area contributed by atoms with Gasteiger partial charge in [0.2, 0.25) is 0 Å². The Morgan fingerprint density at radius 3 is 2.50 bits per heavy atom.